The number of sulfone groups is 1. The zero-order valence-electron chi connectivity index (χ0n) is 12.0. The fourth-order valence-electron chi connectivity index (χ4n) is 2.52. The number of halogens is 1. The van der Waals surface area contributed by atoms with E-state index in [1.807, 2.05) is 6.92 Å². The second-order valence-corrected chi connectivity index (χ2v) is 9.34. The molecule has 22 heavy (non-hydrogen) atoms. The number of carbonyl (C=O) groups is 1. The molecule has 0 bridgehead atoms. The summed E-state index contributed by atoms with van der Waals surface area (Å²) < 4.78 is 25.0. The van der Waals surface area contributed by atoms with E-state index in [4.69, 9.17) is 11.6 Å². The molecule has 1 saturated heterocycles. The lowest BCUT2D eigenvalue weighted by Crippen LogP contribution is -2.41. The van der Waals surface area contributed by atoms with Crippen molar-refractivity contribution in [1.82, 2.24) is 20.1 Å². The maximum atomic E-state index is 12.0. The molecule has 10 heteroatoms. The fraction of sp³-hybridized carbons (Fsp3) is 0.750. The van der Waals surface area contributed by atoms with Gasteiger partial charge in [0.2, 0.25) is 5.91 Å². The Kier molecular flexibility index (Phi) is 4.39. The van der Waals surface area contributed by atoms with Gasteiger partial charge in [-0.05, 0) is 19.8 Å². The summed E-state index contributed by atoms with van der Waals surface area (Å²) in [4.78, 5) is 12.0. The second kappa shape index (κ2) is 6.01. The van der Waals surface area contributed by atoms with Crippen LogP contribution < -0.4 is 5.32 Å². The number of nitrogens with one attached hydrogen (secondary N) is 1. The quantitative estimate of drug-likeness (QED) is 0.605. The highest BCUT2D eigenvalue weighted by atomic mass is 35.5. The summed E-state index contributed by atoms with van der Waals surface area (Å²) in [5, 5.41) is 11.0. The molecule has 3 rings (SSSR count). The van der Waals surface area contributed by atoms with Gasteiger partial charge in [-0.2, -0.15) is 0 Å². The third-order valence-electron chi connectivity index (χ3n) is 3.71. The minimum atomic E-state index is -3.14. The van der Waals surface area contributed by atoms with E-state index in [1.54, 1.807) is 0 Å². The Morgan fingerprint density at radius 2 is 2.14 bits per heavy atom. The molecule has 1 amide bonds. The van der Waals surface area contributed by atoms with Crippen LogP contribution in [0.2, 0.25) is 0 Å². The Labute approximate surface area is 138 Å². The summed E-state index contributed by atoms with van der Waals surface area (Å²) in [6, 6.07) is -0.0597. The van der Waals surface area contributed by atoms with Crippen molar-refractivity contribution in [3.8, 4) is 0 Å². The Morgan fingerprint density at radius 1 is 1.41 bits per heavy atom. The first-order valence-electron chi connectivity index (χ1n) is 7.04. The van der Waals surface area contributed by atoms with E-state index in [0.717, 1.165) is 23.8 Å². The first kappa shape index (κ1) is 16.1. The smallest absolute Gasteiger partial charge is 0.230 e. The largest absolute Gasteiger partial charge is 0.350 e. The molecular formula is C12H17ClN4O3S2. The number of thioether (sulfide) groups is 1. The maximum absolute atomic E-state index is 12.0. The molecule has 1 saturated carbocycles. The van der Waals surface area contributed by atoms with Crippen LogP contribution in [-0.2, 0) is 14.6 Å². The number of hydrogen-bond acceptors (Lipinski definition) is 6. The minimum absolute atomic E-state index is 0.0815. The maximum Gasteiger partial charge on any atom is 0.230 e. The highest BCUT2D eigenvalue weighted by molar-refractivity contribution is 7.99. The van der Waals surface area contributed by atoms with Gasteiger partial charge < -0.3 is 9.88 Å². The Morgan fingerprint density at radius 3 is 2.73 bits per heavy atom. The third kappa shape index (κ3) is 3.57. The number of carbonyl (C=O) groups excluding carboxylic acids is 1. The topological polar surface area (TPSA) is 94.0 Å². The minimum Gasteiger partial charge on any atom is -0.350 e. The number of rotatable bonds is 5. The van der Waals surface area contributed by atoms with Crippen LogP contribution in [0, 0.1) is 6.92 Å². The normalized spacial score (nSPS) is 27.0. The van der Waals surface area contributed by atoms with Gasteiger partial charge in [-0.25, -0.2) is 8.42 Å². The molecule has 2 fully saturated rings. The second-order valence-electron chi connectivity index (χ2n) is 5.69. The van der Waals surface area contributed by atoms with Crippen LogP contribution in [-0.4, -0.2) is 57.8 Å². The monoisotopic (exact) mass is 364 g/mol. The van der Waals surface area contributed by atoms with Crippen LogP contribution in [0.1, 0.15) is 24.7 Å². The third-order valence-corrected chi connectivity index (χ3v) is 7.03. The molecule has 0 radical (unpaired) electrons. The van der Waals surface area contributed by atoms with Crippen molar-refractivity contribution in [3.05, 3.63) is 5.82 Å². The van der Waals surface area contributed by atoms with Gasteiger partial charge in [0.25, 0.3) is 0 Å². The van der Waals surface area contributed by atoms with Crippen LogP contribution >= 0.6 is 23.4 Å². The van der Waals surface area contributed by atoms with Crippen molar-refractivity contribution >= 4 is 39.1 Å². The van der Waals surface area contributed by atoms with Gasteiger partial charge in [-0.3, -0.25) is 4.79 Å². The average Bonchev–Trinajstić information content (AvgIpc) is 3.13. The van der Waals surface area contributed by atoms with Crippen LogP contribution in [0.15, 0.2) is 5.16 Å². The number of aromatic nitrogens is 3. The molecule has 2 aliphatic rings. The van der Waals surface area contributed by atoms with Crippen molar-refractivity contribution in [2.45, 2.75) is 42.4 Å². The van der Waals surface area contributed by atoms with Gasteiger partial charge in [0.15, 0.2) is 15.0 Å². The van der Waals surface area contributed by atoms with Crippen molar-refractivity contribution in [2.24, 2.45) is 0 Å². The van der Waals surface area contributed by atoms with Gasteiger partial charge in [0.1, 0.15) is 5.82 Å². The van der Waals surface area contributed by atoms with Gasteiger partial charge in [-0.1, -0.05) is 11.8 Å². The molecule has 1 aliphatic carbocycles. The number of hydrogen-bond donors (Lipinski definition) is 1. The molecule has 7 nitrogen and oxygen atoms in total. The standard InChI is InChI=1S/C12H17ClN4O3S2/c1-7-15-16-12(17(7)8-2-3-8)21-4-11(18)14-10-6-22(19,20)5-9(10)13/h8-10H,2-6H2,1H3,(H,14,18)/t9-,10+/m0/s1. The number of aryl methyl sites for hydroxylation is 1. The van der Waals surface area contributed by atoms with Crippen molar-refractivity contribution in [2.75, 3.05) is 17.3 Å². The zero-order chi connectivity index (χ0) is 15.9. The predicted molar refractivity (Wildman–Crippen MR) is 84.0 cm³/mol. The summed E-state index contributed by atoms with van der Waals surface area (Å²) in [7, 11) is -3.14. The molecule has 2 atom stereocenters. The van der Waals surface area contributed by atoms with E-state index in [0.29, 0.717) is 6.04 Å². The number of alkyl halides is 1. The Balaban J connectivity index is 1.55. The molecule has 0 aromatic carbocycles. The van der Waals surface area contributed by atoms with E-state index in [2.05, 4.69) is 20.1 Å². The Hall–Kier alpha value is -0.800. The number of amides is 1. The van der Waals surface area contributed by atoms with Gasteiger partial charge in [0, 0.05) is 6.04 Å². The molecule has 2 heterocycles. The molecule has 1 N–H and O–H groups in total. The molecule has 1 aromatic heterocycles. The molecule has 0 spiro atoms. The Bertz CT molecular complexity index is 687. The predicted octanol–water partition coefficient (Wildman–Crippen LogP) is 0.534. The lowest BCUT2D eigenvalue weighted by atomic mass is 10.2. The molecule has 1 aromatic rings. The first-order chi connectivity index (χ1) is 10.4. The SMILES string of the molecule is Cc1nnc(SCC(=O)N[C@@H]2CS(=O)(=O)C[C@@H]2Cl)n1C1CC1. The summed E-state index contributed by atoms with van der Waals surface area (Å²) in [6.45, 7) is 1.90. The van der Waals surface area contributed by atoms with E-state index in [1.165, 1.54) is 11.8 Å². The molecular weight excluding hydrogens is 348 g/mol. The summed E-state index contributed by atoms with van der Waals surface area (Å²) in [6.07, 6.45) is 2.24. The van der Waals surface area contributed by atoms with Crippen molar-refractivity contribution in [1.29, 1.82) is 0 Å². The fourth-order valence-corrected chi connectivity index (χ4v) is 5.93. The van der Waals surface area contributed by atoms with Crippen LogP contribution in [0.5, 0.6) is 0 Å². The highest BCUT2D eigenvalue weighted by Crippen LogP contribution is 2.38. The van der Waals surface area contributed by atoms with E-state index in [9.17, 15) is 13.2 Å². The van der Waals surface area contributed by atoms with Crippen LogP contribution in [0.4, 0.5) is 0 Å². The lowest BCUT2D eigenvalue weighted by molar-refractivity contribution is -0.119. The summed E-state index contributed by atoms with van der Waals surface area (Å²) >= 11 is 7.29. The molecule has 1 aliphatic heterocycles. The summed E-state index contributed by atoms with van der Waals surface area (Å²) in [5.74, 6) is 0.621. The molecule has 122 valence electrons. The van der Waals surface area contributed by atoms with Crippen molar-refractivity contribution in [3.63, 3.8) is 0 Å². The lowest BCUT2D eigenvalue weighted by Gasteiger charge is -2.14. The zero-order valence-corrected chi connectivity index (χ0v) is 14.4. The number of nitrogens with zero attached hydrogens (tertiary/aromatic N) is 3. The van der Waals surface area contributed by atoms with Gasteiger partial charge >= 0.3 is 0 Å². The summed E-state index contributed by atoms with van der Waals surface area (Å²) in [5.41, 5.74) is 0. The van der Waals surface area contributed by atoms with Crippen LogP contribution in [0.25, 0.3) is 0 Å². The van der Waals surface area contributed by atoms with E-state index < -0.39 is 21.3 Å². The molecule has 0 unspecified atom stereocenters. The van der Waals surface area contributed by atoms with Gasteiger partial charge in [0.05, 0.1) is 28.7 Å². The van der Waals surface area contributed by atoms with E-state index in [-0.39, 0.29) is 23.2 Å². The van der Waals surface area contributed by atoms with Crippen molar-refractivity contribution < 1.29 is 13.2 Å². The first-order valence-corrected chi connectivity index (χ1v) is 10.3. The average molecular weight is 365 g/mol. The van der Waals surface area contributed by atoms with Gasteiger partial charge in [-0.15, -0.1) is 21.8 Å². The van der Waals surface area contributed by atoms with Crippen LogP contribution in [0.3, 0.4) is 0 Å². The highest BCUT2D eigenvalue weighted by Gasteiger charge is 2.37. The van der Waals surface area contributed by atoms with E-state index >= 15 is 0 Å².